The number of thioether (sulfide) groups is 1. The molecule has 62 valence electrons. The first kappa shape index (κ1) is 9.96. The summed E-state index contributed by atoms with van der Waals surface area (Å²) >= 11 is 0.660. The topological polar surface area (TPSA) is 80.4 Å². The molecule has 11 heavy (non-hydrogen) atoms. The lowest BCUT2D eigenvalue weighted by Crippen LogP contribution is -2.10. The summed E-state index contributed by atoms with van der Waals surface area (Å²) < 4.78 is 12.1. The molecule has 6 heteroatoms. The quantitative estimate of drug-likeness (QED) is 0.600. The van der Waals surface area contributed by atoms with Gasteiger partial charge < -0.3 is 10.8 Å². The Labute approximate surface area is 66.3 Å². The number of amides is 1. The second-order valence-electron chi connectivity index (χ2n) is 1.53. The van der Waals surface area contributed by atoms with Crippen LogP contribution in [0.4, 0.5) is 4.39 Å². The molecule has 0 aromatic rings. The molecule has 0 aromatic heterocycles. The van der Waals surface area contributed by atoms with Crippen molar-refractivity contribution in [2.75, 3.05) is 5.75 Å². The van der Waals surface area contributed by atoms with Crippen molar-refractivity contribution >= 4 is 23.6 Å². The van der Waals surface area contributed by atoms with Gasteiger partial charge in [-0.25, -0.2) is 4.39 Å². The second kappa shape index (κ2) is 4.73. The molecule has 0 heterocycles. The van der Waals surface area contributed by atoms with Crippen LogP contribution >= 0.6 is 11.8 Å². The summed E-state index contributed by atoms with van der Waals surface area (Å²) in [7, 11) is 0. The van der Waals surface area contributed by atoms with E-state index in [4.69, 9.17) is 5.11 Å². The van der Waals surface area contributed by atoms with Gasteiger partial charge in [-0.15, -0.1) is 11.8 Å². The molecule has 0 aliphatic rings. The molecule has 4 nitrogen and oxygen atoms in total. The Morgan fingerprint density at radius 3 is 2.55 bits per heavy atom. The summed E-state index contributed by atoms with van der Waals surface area (Å²) in [5, 5.41) is 8.85. The minimum absolute atomic E-state index is 0.291. The molecular formula is C5H6FNO3S. The van der Waals surface area contributed by atoms with Crippen LogP contribution in [-0.4, -0.2) is 22.7 Å². The molecule has 1 amide bonds. The average molecular weight is 179 g/mol. The summed E-state index contributed by atoms with van der Waals surface area (Å²) in [5.74, 6) is -3.69. The van der Waals surface area contributed by atoms with E-state index in [0.717, 1.165) is 5.41 Å². The fraction of sp³-hybridized carbons (Fsp3) is 0.200. The summed E-state index contributed by atoms with van der Waals surface area (Å²) in [6, 6.07) is 0. The zero-order valence-corrected chi connectivity index (χ0v) is 6.23. The molecule has 0 aliphatic carbocycles. The molecule has 0 bridgehead atoms. The number of rotatable bonds is 4. The van der Waals surface area contributed by atoms with Crippen molar-refractivity contribution in [3.8, 4) is 0 Å². The maximum absolute atomic E-state index is 12.1. The molecule has 3 N–H and O–H groups in total. The lowest BCUT2D eigenvalue weighted by atomic mass is 10.6. The van der Waals surface area contributed by atoms with Gasteiger partial charge in [0.2, 0.25) is 0 Å². The number of carbonyl (C=O) groups excluding carboxylic acids is 1. The first-order chi connectivity index (χ1) is 5.04. The highest BCUT2D eigenvalue weighted by atomic mass is 32.2. The van der Waals surface area contributed by atoms with Crippen LogP contribution in [0.1, 0.15) is 0 Å². The van der Waals surface area contributed by atoms with Gasteiger partial charge in [-0.05, 0) is 0 Å². The van der Waals surface area contributed by atoms with Crippen molar-refractivity contribution in [3.05, 3.63) is 11.2 Å². The Hall–Kier alpha value is -1.04. The van der Waals surface area contributed by atoms with Gasteiger partial charge in [-0.2, -0.15) is 0 Å². The average Bonchev–Trinajstić information content (AvgIpc) is 1.86. The predicted octanol–water partition coefficient (Wildman–Crippen LogP) is 0.100. The smallest absolute Gasteiger partial charge is 0.313 e. The second-order valence-corrected chi connectivity index (χ2v) is 2.39. The Balaban J connectivity index is 3.74. The van der Waals surface area contributed by atoms with Crippen LogP contribution in [0.5, 0.6) is 0 Å². The van der Waals surface area contributed by atoms with Gasteiger partial charge in [-0.1, -0.05) is 0 Å². The number of hydrogen-bond donors (Lipinski definition) is 2. The first-order valence-corrected chi connectivity index (χ1v) is 3.57. The number of carboxylic acid groups (broad SMARTS) is 1. The Kier molecular flexibility index (Phi) is 4.28. The van der Waals surface area contributed by atoms with E-state index in [1.807, 2.05) is 0 Å². The van der Waals surface area contributed by atoms with Gasteiger partial charge in [0.15, 0.2) is 5.83 Å². The van der Waals surface area contributed by atoms with Crippen molar-refractivity contribution in [2.24, 2.45) is 5.73 Å². The molecule has 0 saturated carbocycles. The molecule has 0 rings (SSSR count). The molecule has 0 fully saturated rings. The maximum atomic E-state index is 12.1. The molecule has 0 radical (unpaired) electrons. The van der Waals surface area contributed by atoms with E-state index < -0.39 is 17.7 Å². The van der Waals surface area contributed by atoms with Crippen molar-refractivity contribution in [2.45, 2.75) is 0 Å². The zero-order chi connectivity index (χ0) is 8.85. The van der Waals surface area contributed by atoms with Gasteiger partial charge in [0, 0.05) is 5.41 Å². The van der Waals surface area contributed by atoms with E-state index in [1.54, 1.807) is 0 Å². The number of hydrogen-bond acceptors (Lipinski definition) is 3. The van der Waals surface area contributed by atoms with Crippen molar-refractivity contribution in [3.63, 3.8) is 0 Å². The molecule has 0 aromatic carbocycles. The monoisotopic (exact) mass is 179 g/mol. The van der Waals surface area contributed by atoms with Gasteiger partial charge in [0.1, 0.15) is 0 Å². The summed E-state index contributed by atoms with van der Waals surface area (Å²) in [6.45, 7) is 0. The SMILES string of the molecule is NC(=O)/C(F)=C/SCC(=O)O. The van der Waals surface area contributed by atoms with Crippen molar-refractivity contribution < 1.29 is 19.1 Å². The van der Waals surface area contributed by atoms with Crippen molar-refractivity contribution in [1.82, 2.24) is 0 Å². The van der Waals surface area contributed by atoms with E-state index in [-0.39, 0.29) is 5.75 Å². The number of halogens is 1. The number of nitrogens with two attached hydrogens (primary N) is 1. The summed E-state index contributed by atoms with van der Waals surface area (Å²) in [6.07, 6.45) is 0. The van der Waals surface area contributed by atoms with Crippen molar-refractivity contribution in [1.29, 1.82) is 0 Å². The van der Waals surface area contributed by atoms with Crippen LogP contribution in [0.2, 0.25) is 0 Å². The zero-order valence-electron chi connectivity index (χ0n) is 5.41. The highest BCUT2D eigenvalue weighted by Gasteiger charge is 2.02. The highest BCUT2D eigenvalue weighted by molar-refractivity contribution is 8.02. The Morgan fingerprint density at radius 2 is 2.18 bits per heavy atom. The van der Waals surface area contributed by atoms with Gasteiger partial charge in [0.05, 0.1) is 5.75 Å². The van der Waals surface area contributed by atoms with Crippen LogP contribution < -0.4 is 5.73 Å². The number of carbonyl (C=O) groups is 2. The minimum Gasteiger partial charge on any atom is -0.481 e. The predicted molar refractivity (Wildman–Crippen MR) is 38.5 cm³/mol. The standard InChI is InChI=1S/C5H6FNO3S/c6-3(5(7)10)1-11-2-4(8)9/h1H,2H2,(H2,7,10)(H,8,9)/b3-1-. The van der Waals surface area contributed by atoms with Crippen LogP contribution in [0.3, 0.4) is 0 Å². The third-order valence-corrected chi connectivity index (χ3v) is 1.42. The first-order valence-electron chi connectivity index (χ1n) is 2.53. The van der Waals surface area contributed by atoms with Crippen LogP contribution in [-0.2, 0) is 9.59 Å². The highest BCUT2D eigenvalue weighted by Crippen LogP contribution is 2.07. The summed E-state index contributed by atoms with van der Waals surface area (Å²) in [4.78, 5) is 19.9. The molecule has 0 aliphatic heterocycles. The van der Waals surface area contributed by atoms with E-state index in [2.05, 4.69) is 5.73 Å². The third kappa shape index (κ3) is 5.41. The number of carboxylic acids is 1. The third-order valence-electron chi connectivity index (χ3n) is 0.629. The van der Waals surface area contributed by atoms with E-state index in [1.165, 1.54) is 0 Å². The Morgan fingerprint density at radius 1 is 1.64 bits per heavy atom. The molecule has 0 saturated heterocycles. The van der Waals surface area contributed by atoms with Crippen LogP contribution in [0, 0.1) is 0 Å². The molecular weight excluding hydrogens is 173 g/mol. The van der Waals surface area contributed by atoms with Gasteiger partial charge in [0.25, 0.3) is 5.91 Å². The lowest BCUT2D eigenvalue weighted by Gasteiger charge is -1.88. The maximum Gasteiger partial charge on any atom is 0.313 e. The summed E-state index contributed by atoms with van der Waals surface area (Å²) in [5.41, 5.74) is 4.51. The van der Waals surface area contributed by atoms with E-state index in [9.17, 15) is 14.0 Å². The normalized spacial score (nSPS) is 11.2. The van der Waals surface area contributed by atoms with E-state index in [0.29, 0.717) is 11.8 Å². The number of primary amides is 1. The Bertz CT molecular complexity index is 204. The molecule has 0 atom stereocenters. The molecule has 0 unspecified atom stereocenters. The van der Waals surface area contributed by atoms with Gasteiger partial charge in [-0.3, -0.25) is 9.59 Å². The number of aliphatic carboxylic acids is 1. The van der Waals surface area contributed by atoms with Crippen LogP contribution in [0.15, 0.2) is 11.2 Å². The largest absolute Gasteiger partial charge is 0.481 e. The minimum atomic E-state index is -1.19. The lowest BCUT2D eigenvalue weighted by molar-refractivity contribution is -0.133. The van der Waals surface area contributed by atoms with E-state index >= 15 is 0 Å². The molecule has 0 spiro atoms. The van der Waals surface area contributed by atoms with Gasteiger partial charge >= 0.3 is 5.97 Å². The fourth-order valence-corrected chi connectivity index (χ4v) is 0.733. The fourth-order valence-electron chi connectivity index (χ4n) is 0.244. The van der Waals surface area contributed by atoms with Crippen LogP contribution in [0.25, 0.3) is 0 Å².